The molecule has 0 fully saturated rings. The molecule has 0 aliphatic heterocycles. The lowest BCUT2D eigenvalue weighted by molar-refractivity contribution is -0.263. The van der Waals surface area contributed by atoms with E-state index in [0.717, 1.165) is 0 Å². The minimum atomic E-state index is 0.266. The van der Waals surface area contributed by atoms with Gasteiger partial charge in [0.05, 0.1) is 6.61 Å². The summed E-state index contributed by atoms with van der Waals surface area (Å²) in [6, 6.07) is 0. The zero-order chi connectivity index (χ0) is 6.41. The SMILES string of the molecule is CC(C)COOC=O. The van der Waals surface area contributed by atoms with Crippen LogP contribution in [0, 0.1) is 5.92 Å². The molecule has 3 heteroatoms. The van der Waals surface area contributed by atoms with Crippen LogP contribution in [0.4, 0.5) is 0 Å². The van der Waals surface area contributed by atoms with Gasteiger partial charge in [0, 0.05) is 0 Å². The number of carbonyl (C=O) groups is 1. The van der Waals surface area contributed by atoms with Crippen LogP contribution in [0.3, 0.4) is 0 Å². The van der Waals surface area contributed by atoms with E-state index in [2.05, 4.69) is 9.78 Å². The first-order chi connectivity index (χ1) is 3.77. The van der Waals surface area contributed by atoms with Crippen molar-refractivity contribution in [3.05, 3.63) is 0 Å². The van der Waals surface area contributed by atoms with Crippen molar-refractivity contribution in [2.45, 2.75) is 13.8 Å². The van der Waals surface area contributed by atoms with Gasteiger partial charge in [0.2, 0.25) is 0 Å². The van der Waals surface area contributed by atoms with Crippen molar-refractivity contribution in [2.24, 2.45) is 5.92 Å². The van der Waals surface area contributed by atoms with Gasteiger partial charge < -0.3 is 4.89 Å². The zero-order valence-electron chi connectivity index (χ0n) is 5.09. The molecule has 0 saturated heterocycles. The number of hydrogen-bond acceptors (Lipinski definition) is 3. The fraction of sp³-hybridized carbons (Fsp3) is 0.800. The fourth-order valence-electron chi connectivity index (χ4n) is 0.203. The Morgan fingerprint density at radius 2 is 2.25 bits per heavy atom. The van der Waals surface area contributed by atoms with Crippen LogP contribution in [-0.4, -0.2) is 13.1 Å². The van der Waals surface area contributed by atoms with Crippen molar-refractivity contribution < 1.29 is 14.6 Å². The Hall–Kier alpha value is -0.570. The van der Waals surface area contributed by atoms with Crippen molar-refractivity contribution in [1.29, 1.82) is 0 Å². The van der Waals surface area contributed by atoms with E-state index in [1.165, 1.54) is 0 Å². The van der Waals surface area contributed by atoms with Gasteiger partial charge in [-0.3, -0.25) is 4.79 Å². The summed E-state index contributed by atoms with van der Waals surface area (Å²) in [6.07, 6.45) is 0. The molecular weight excluding hydrogens is 108 g/mol. The van der Waals surface area contributed by atoms with Crippen molar-refractivity contribution in [2.75, 3.05) is 6.61 Å². The van der Waals surface area contributed by atoms with Crippen molar-refractivity contribution >= 4 is 6.47 Å². The second kappa shape index (κ2) is 4.59. The summed E-state index contributed by atoms with van der Waals surface area (Å²) in [4.78, 5) is 17.8. The molecule has 0 spiro atoms. The second-order valence-corrected chi connectivity index (χ2v) is 1.87. The van der Waals surface area contributed by atoms with Gasteiger partial charge in [-0.1, -0.05) is 13.8 Å². The summed E-state index contributed by atoms with van der Waals surface area (Å²) in [5, 5.41) is 0. The molecule has 0 bridgehead atoms. The molecular formula is C5H10O3. The average Bonchev–Trinajstić information content (AvgIpc) is 1.66. The van der Waals surface area contributed by atoms with Gasteiger partial charge in [-0.2, -0.15) is 4.89 Å². The van der Waals surface area contributed by atoms with Crippen molar-refractivity contribution in [3.8, 4) is 0 Å². The first kappa shape index (κ1) is 7.43. The molecule has 48 valence electrons. The molecule has 0 saturated carbocycles. The van der Waals surface area contributed by atoms with E-state index in [1.807, 2.05) is 13.8 Å². The van der Waals surface area contributed by atoms with Gasteiger partial charge in [0.1, 0.15) is 0 Å². The minimum absolute atomic E-state index is 0.266. The van der Waals surface area contributed by atoms with Gasteiger partial charge in [-0.05, 0) is 5.92 Å². The number of hydrogen-bond donors (Lipinski definition) is 0. The van der Waals surface area contributed by atoms with Crippen LogP contribution < -0.4 is 0 Å². The molecule has 0 aromatic rings. The van der Waals surface area contributed by atoms with Crippen LogP contribution >= 0.6 is 0 Å². The Balaban J connectivity index is 2.81. The molecule has 0 N–H and O–H groups in total. The maximum absolute atomic E-state index is 9.44. The van der Waals surface area contributed by atoms with E-state index >= 15 is 0 Å². The van der Waals surface area contributed by atoms with Gasteiger partial charge in [-0.25, -0.2) is 0 Å². The van der Waals surface area contributed by atoms with Crippen LogP contribution in [0.1, 0.15) is 13.8 Å². The summed E-state index contributed by atoms with van der Waals surface area (Å²) in [5.41, 5.74) is 0. The van der Waals surface area contributed by atoms with Crippen LogP contribution in [0.5, 0.6) is 0 Å². The highest BCUT2D eigenvalue weighted by Gasteiger charge is 1.91. The Morgan fingerprint density at radius 3 is 2.62 bits per heavy atom. The predicted molar refractivity (Wildman–Crippen MR) is 27.9 cm³/mol. The topological polar surface area (TPSA) is 35.5 Å². The molecule has 3 nitrogen and oxygen atoms in total. The number of carbonyl (C=O) groups excluding carboxylic acids is 1. The third kappa shape index (κ3) is 5.43. The van der Waals surface area contributed by atoms with Crippen LogP contribution in [0.15, 0.2) is 0 Å². The minimum Gasteiger partial charge on any atom is -0.302 e. The molecule has 0 rings (SSSR count). The molecule has 8 heavy (non-hydrogen) atoms. The first-order valence-corrected chi connectivity index (χ1v) is 2.49. The van der Waals surface area contributed by atoms with Crippen LogP contribution in [-0.2, 0) is 14.6 Å². The standard InChI is InChI=1S/C5H10O3/c1-5(2)3-7-8-4-6/h4-5H,3H2,1-2H3. The Kier molecular flexibility index (Phi) is 4.26. The lowest BCUT2D eigenvalue weighted by Gasteiger charge is -1.99. The van der Waals surface area contributed by atoms with Crippen molar-refractivity contribution in [3.63, 3.8) is 0 Å². The van der Waals surface area contributed by atoms with E-state index in [0.29, 0.717) is 12.5 Å². The highest BCUT2D eigenvalue weighted by Crippen LogP contribution is 1.90. The Morgan fingerprint density at radius 1 is 1.62 bits per heavy atom. The third-order valence-electron chi connectivity index (χ3n) is 0.509. The molecule has 0 radical (unpaired) electrons. The molecule has 0 atom stereocenters. The molecule has 0 unspecified atom stereocenters. The largest absolute Gasteiger partial charge is 0.330 e. The van der Waals surface area contributed by atoms with E-state index < -0.39 is 0 Å². The smallest absolute Gasteiger partial charge is 0.302 e. The molecule has 0 aliphatic rings. The van der Waals surface area contributed by atoms with Gasteiger partial charge in [0.25, 0.3) is 0 Å². The van der Waals surface area contributed by atoms with Crippen molar-refractivity contribution in [1.82, 2.24) is 0 Å². The summed E-state index contributed by atoms with van der Waals surface area (Å²) in [6.45, 7) is 4.66. The maximum Gasteiger partial charge on any atom is 0.330 e. The molecule has 0 heterocycles. The Bertz CT molecular complexity index is 60.7. The van der Waals surface area contributed by atoms with E-state index in [1.54, 1.807) is 0 Å². The molecule has 0 aliphatic carbocycles. The first-order valence-electron chi connectivity index (χ1n) is 2.49. The number of rotatable bonds is 4. The fourth-order valence-corrected chi connectivity index (χ4v) is 0.203. The maximum atomic E-state index is 9.44. The van der Waals surface area contributed by atoms with Crippen LogP contribution in [0.25, 0.3) is 0 Å². The lowest BCUT2D eigenvalue weighted by atomic mass is 10.2. The average molecular weight is 118 g/mol. The zero-order valence-corrected chi connectivity index (χ0v) is 5.09. The lowest BCUT2D eigenvalue weighted by Crippen LogP contribution is -2.01. The summed E-state index contributed by atoms with van der Waals surface area (Å²) >= 11 is 0. The van der Waals surface area contributed by atoms with E-state index in [-0.39, 0.29) is 6.47 Å². The third-order valence-corrected chi connectivity index (χ3v) is 0.509. The van der Waals surface area contributed by atoms with Gasteiger partial charge in [-0.15, -0.1) is 0 Å². The van der Waals surface area contributed by atoms with Gasteiger partial charge in [0.15, 0.2) is 0 Å². The van der Waals surface area contributed by atoms with E-state index in [9.17, 15) is 4.79 Å². The highest BCUT2D eigenvalue weighted by molar-refractivity contribution is 5.35. The summed E-state index contributed by atoms with van der Waals surface area (Å²) in [5.74, 6) is 0.398. The predicted octanol–water partition coefficient (Wildman–Crippen LogP) is 0.747. The summed E-state index contributed by atoms with van der Waals surface area (Å²) in [7, 11) is 0. The molecule has 0 aromatic heterocycles. The quantitative estimate of drug-likeness (QED) is 0.236. The molecule has 0 aromatic carbocycles. The highest BCUT2D eigenvalue weighted by atomic mass is 17.2. The molecule has 0 amide bonds. The Labute approximate surface area is 48.5 Å². The summed E-state index contributed by atoms with van der Waals surface area (Å²) < 4.78 is 0. The monoisotopic (exact) mass is 118 g/mol. The van der Waals surface area contributed by atoms with Gasteiger partial charge >= 0.3 is 6.47 Å². The van der Waals surface area contributed by atoms with Crippen LogP contribution in [0.2, 0.25) is 0 Å². The van der Waals surface area contributed by atoms with E-state index in [4.69, 9.17) is 0 Å². The second-order valence-electron chi connectivity index (χ2n) is 1.87. The normalized spacial score (nSPS) is 9.38.